The van der Waals surface area contributed by atoms with Gasteiger partial charge in [0.25, 0.3) is 0 Å². The lowest BCUT2D eigenvalue weighted by atomic mass is 10.1. The molecule has 0 radical (unpaired) electrons. The number of hydrogen-bond donors (Lipinski definition) is 1. The summed E-state index contributed by atoms with van der Waals surface area (Å²) < 4.78 is 0. The van der Waals surface area contributed by atoms with Crippen LogP contribution in [-0.4, -0.2) is 64.8 Å². The predicted molar refractivity (Wildman–Crippen MR) is 77.1 cm³/mol. The van der Waals surface area contributed by atoms with Crippen molar-refractivity contribution >= 4 is 0 Å². The molecule has 1 fully saturated rings. The van der Waals surface area contributed by atoms with Gasteiger partial charge < -0.3 is 10.0 Å². The third kappa shape index (κ3) is 5.27. The minimum Gasteiger partial charge on any atom is -0.389 e. The molecule has 0 amide bonds. The average Bonchev–Trinajstić information content (AvgIpc) is 2.37. The third-order valence-corrected chi connectivity index (χ3v) is 3.54. The zero-order chi connectivity index (χ0) is 13.7. The van der Waals surface area contributed by atoms with Crippen LogP contribution in [0.3, 0.4) is 0 Å². The van der Waals surface area contributed by atoms with E-state index >= 15 is 0 Å². The maximum Gasteiger partial charge on any atom is 0.0718 e. The van der Waals surface area contributed by atoms with Gasteiger partial charge in [-0.1, -0.05) is 0 Å². The van der Waals surface area contributed by atoms with Crippen LogP contribution in [0, 0.1) is 0 Å². The number of nitrogens with zero attached hydrogens (tertiary/aromatic N) is 3. The van der Waals surface area contributed by atoms with Crippen molar-refractivity contribution in [3.63, 3.8) is 0 Å². The van der Waals surface area contributed by atoms with Crippen LogP contribution in [0.25, 0.3) is 0 Å². The number of aliphatic hydroxyl groups is 1. The largest absolute Gasteiger partial charge is 0.389 e. The molecule has 0 atom stereocenters. The van der Waals surface area contributed by atoms with E-state index < -0.39 is 5.60 Å². The lowest BCUT2D eigenvalue weighted by Gasteiger charge is -2.37. The summed E-state index contributed by atoms with van der Waals surface area (Å²) in [4.78, 5) is 8.89. The van der Waals surface area contributed by atoms with Gasteiger partial charge in [-0.2, -0.15) is 0 Å². The molecule has 1 aromatic heterocycles. The lowest BCUT2D eigenvalue weighted by molar-refractivity contribution is 0.0180. The molecule has 2 rings (SSSR count). The molecule has 19 heavy (non-hydrogen) atoms. The Hall–Kier alpha value is -0.970. The van der Waals surface area contributed by atoms with Gasteiger partial charge in [0.05, 0.1) is 5.60 Å². The van der Waals surface area contributed by atoms with Gasteiger partial charge >= 0.3 is 0 Å². The van der Waals surface area contributed by atoms with Gasteiger partial charge in [-0.15, -0.1) is 0 Å². The fourth-order valence-electron chi connectivity index (χ4n) is 2.55. The van der Waals surface area contributed by atoms with Crippen LogP contribution in [0.15, 0.2) is 24.5 Å². The molecule has 1 aliphatic heterocycles. The standard InChI is InChI=1S/C15H25N3O/c1-15(2,19)13-18-11-9-17(10-12-18)8-5-14-3-6-16-7-4-14/h3-4,6-7,19H,5,8-13H2,1-2H3. The molecule has 4 heteroatoms. The summed E-state index contributed by atoms with van der Waals surface area (Å²) in [5, 5.41) is 9.83. The van der Waals surface area contributed by atoms with Crippen molar-refractivity contribution in [2.45, 2.75) is 25.9 Å². The summed E-state index contributed by atoms with van der Waals surface area (Å²) in [6, 6.07) is 4.18. The smallest absolute Gasteiger partial charge is 0.0718 e. The highest BCUT2D eigenvalue weighted by atomic mass is 16.3. The van der Waals surface area contributed by atoms with Crippen molar-refractivity contribution in [3.05, 3.63) is 30.1 Å². The Bertz CT molecular complexity index is 367. The highest BCUT2D eigenvalue weighted by Crippen LogP contribution is 2.09. The number of pyridine rings is 1. The zero-order valence-electron chi connectivity index (χ0n) is 12.0. The van der Waals surface area contributed by atoms with E-state index in [0.717, 1.165) is 45.7 Å². The highest BCUT2D eigenvalue weighted by molar-refractivity contribution is 5.09. The molecule has 0 aliphatic carbocycles. The molecule has 1 N–H and O–H groups in total. The fourth-order valence-corrected chi connectivity index (χ4v) is 2.55. The summed E-state index contributed by atoms with van der Waals surface area (Å²) in [5.41, 5.74) is 0.771. The van der Waals surface area contributed by atoms with E-state index in [-0.39, 0.29) is 0 Å². The normalized spacial score (nSPS) is 18.7. The maximum atomic E-state index is 9.83. The van der Waals surface area contributed by atoms with Gasteiger partial charge in [-0.05, 0) is 38.0 Å². The van der Waals surface area contributed by atoms with Crippen LogP contribution in [0.5, 0.6) is 0 Å². The van der Waals surface area contributed by atoms with Gasteiger partial charge in [0.15, 0.2) is 0 Å². The van der Waals surface area contributed by atoms with Gasteiger partial charge in [0.1, 0.15) is 0 Å². The second-order valence-corrected chi connectivity index (χ2v) is 6.04. The molecule has 0 bridgehead atoms. The van der Waals surface area contributed by atoms with Crippen LogP contribution in [0.4, 0.5) is 0 Å². The summed E-state index contributed by atoms with van der Waals surface area (Å²) in [5.74, 6) is 0. The topological polar surface area (TPSA) is 39.6 Å². The molecular formula is C15H25N3O. The van der Waals surface area contributed by atoms with Crippen molar-refractivity contribution in [1.29, 1.82) is 0 Å². The van der Waals surface area contributed by atoms with Crippen LogP contribution in [0.2, 0.25) is 0 Å². The Kier molecular flexibility index (Phi) is 4.91. The molecule has 0 unspecified atom stereocenters. The van der Waals surface area contributed by atoms with Crippen molar-refractivity contribution in [2.24, 2.45) is 0 Å². The number of rotatable bonds is 5. The number of hydrogen-bond acceptors (Lipinski definition) is 4. The van der Waals surface area contributed by atoms with E-state index in [1.807, 2.05) is 26.2 Å². The van der Waals surface area contributed by atoms with Crippen LogP contribution in [0.1, 0.15) is 19.4 Å². The highest BCUT2D eigenvalue weighted by Gasteiger charge is 2.22. The van der Waals surface area contributed by atoms with E-state index in [1.165, 1.54) is 5.56 Å². The Morgan fingerprint density at radius 3 is 2.26 bits per heavy atom. The third-order valence-electron chi connectivity index (χ3n) is 3.54. The van der Waals surface area contributed by atoms with Crippen molar-refractivity contribution in [3.8, 4) is 0 Å². The van der Waals surface area contributed by atoms with Crippen molar-refractivity contribution in [1.82, 2.24) is 14.8 Å². The van der Waals surface area contributed by atoms with Crippen molar-refractivity contribution in [2.75, 3.05) is 39.3 Å². The fraction of sp³-hybridized carbons (Fsp3) is 0.667. The molecule has 1 saturated heterocycles. The first-order chi connectivity index (χ1) is 9.03. The Morgan fingerprint density at radius 2 is 1.68 bits per heavy atom. The molecule has 1 aliphatic rings. The number of β-amino-alcohol motifs (C(OH)–C–C–N with tert-alkyl or cyclic N) is 1. The molecule has 2 heterocycles. The molecule has 106 valence electrons. The predicted octanol–water partition coefficient (Wildman–Crippen LogP) is 1.01. The first kappa shape index (κ1) is 14.4. The lowest BCUT2D eigenvalue weighted by Crippen LogP contribution is -2.50. The molecule has 0 spiro atoms. The van der Waals surface area contributed by atoms with Gasteiger partial charge in [0, 0.05) is 51.7 Å². The van der Waals surface area contributed by atoms with Crippen LogP contribution < -0.4 is 0 Å². The monoisotopic (exact) mass is 263 g/mol. The second-order valence-electron chi connectivity index (χ2n) is 6.04. The Balaban J connectivity index is 1.69. The summed E-state index contributed by atoms with van der Waals surface area (Å²) in [7, 11) is 0. The maximum absolute atomic E-state index is 9.83. The van der Waals surface area contributed by atoms with E-state index in [4.69, 9.17) is 0 Å². The van der Waals surface area contributed by atoms with Gasteiger partial charge in [-0.25, -0.2) is 0 Å². The SMILES string of the molecule is CC(C)(O)CN1CCN(CCc2ccncc2)CC1. The van der Waals surface area contributed by atoms with E-state index in [9.17, 15) is 5.11 Å². The Morgan fingerprint density at radius 1 is 1.11 bits per heavy atom. The average molecular weight is 263 g/mol. The summed E-state index contributed by atoms with van der Waals surface area (Å²) >= 11 is 0. The van der Waals surface area contributed by atoms with Crippen LogP contribution >= 0.6 is 0 Å². The minimum atomic E-state index is -0.584. The Labute approximate surface area is 116 Å². The summed E-state index contributed by atoms with van der Waals surface area (Å²) in [6.07, 6.45) is 4.81. The molecular weight excluding hydrogens is 238 g/mol. The molecule has 0 aromatic carbocycles. The van der Waals surface area contributed by atoms with E-state index in [2.05, 4.69) is 26.9 Å². The van der Waals surface area contributed by atoms with E-state index in [0.29, 0.717) is 0 Å². The van der Waals surface area contributed by atoms with Crippen LogP contribution in [-0.2, 0) is 6.42 Å². The molecule has 0 saturated carbocycles. The van der Waals surface area contributed by atoms with Gasteiger partial charge in [0.2, 0.25) is 0 Å². The number of aromatic nitrogens is 1. The van der Waals surface area contributed by atoms with Crippen molar-refractivity contribution < 1.29 is 5.11 Å². The van der Waals surface area contributed by atoms with E-state index in [1.54, 1.807) is 0 Å². The van der Waals surface area contributed by atoms with Gasteiger partial charge in [-0.3, -0.25) is 9.88 Å². The first-order valence-electron chi connectivity index (χ1n) is 7.09. The molecule has 4 nitrogen and oxygen atoms in total. The minimum absolute atomic E-state index is 0.584. The second kappa shape index (κ2) is 6.46. The molecule has 1 aromatic rings. The summed E-state index contributed by atoms with van der Waals surface area (Å²) in [6.45, 7) is 9.94. The quantitative estimate of drug-likeness (QED) is 0.861. The zero-order valence-corrected chi connectivity index (χ0v) is 12.0. The first-order valence-corrected chi connectivity index (χ1v) is 7.09. The number of piperazine rings is 1.